The van der Waals surface area contributed by atoms with Gasteiger partial charge in [-0.1, -0.05) is 6.92 Å². The van der Waals surface area contributed by atoms with Crippen molar-refractivity contribution in [2.45, 2.75) is 31.1 Å². The topological polar surface area (TPSA) is 46.2 Å². The Morgan fingerprint density at radius 2 is 2.18 bits per heavy atom. The van der Waals surface area contributed by atoms with Gasteiger partial charge in [0.05, 0.1) is 0 Å². The van der Waals surface area contributed by atoms with Gasteiger partial charge < -0.3 is 5.32 Å². The van der Waals surface area contributed by atoms with Gasteiger partial charge in [-0.2, -0.15) is 23.5 Å². The predicted octanol–water partition coefficient (Wildman–Crippen LogP) is 1.64. The molecule has 0 bridgehead atoms. The van der Waals surface area contributed by atoms with Crippen LogP contribution in [0.25, 0.3) is 0 Å². The molecule has 6 heteroatoms. The molecule has 0 aromatic heterocycles. The zero-order valence-corrected chi connectivity index (χ0v) is 13.1. The molecule has 1 aliphatic rings. The van der Waals surface area contributed by atoms with E-state index in [4.69, 9.17) is 0 Å². The van der Waals surface area contributed by atoms with Crippen LogP contribution in [0, 0.1) is 0 Å². The van der Waals surface area contributed by atoms with Crippen molar-refractivity contribution in [1.82, 2.24) is 5.32 Å². The van der Waals surface area contributed by atoms with Gasteiger partial charge in [0.15, 0.2) is 0 Å². The van der Waals surface area contributed by atoms with E-state index in [1.165, 1.54) is 23.5 Å². The van der Waals surface area contributed by atoms with Crippen LogP contribution in [-0.2, 0) is 9.84 Å². The van der Waals surface area contributed by atoms with Crippen molar-refractivity contribution in [3.63, 3.8) is 0 Å². The second-order valence-electron chi connectivity index (χ2n) is 4.42. The van der Waals surface area contributed by atoms with Crippen LogP contribution in [0.5, 0.6) is 0 Å². The number of rotatable bonds is 7. The summed E-state index contributed by atoms with van der Waals surface area (Å²) in [7, 11) is -2.81. The van der Waals surface area contributed by atoms with Crippen LogP contribution in [0.15, 0.2) is 0 Å². The highest BCUT2D eigenvalue weighted by molar-refractivity contribution is 8.06. The summed E-state index contributed by atoms with van der Waals surface area (Å²) < 4.78 is 22.2. The van der Waals surface area contributed by atoms with Gasteiger partial charge in [-0.15, -0.1) is 0 Å². The highest BCUT2D eigenvalue weighted by atomic mass is 32.2. The Bertz CT molecular complexity index is 300. The second kappa shape index (κ2) is 7.92. The normalized spacial score (nSPS) is 23.5. The van der Waals surface area contributed by atoms with Gasteiger partial charge in [0.2, 0.25) is 0 Å². The first-order chi connectivity index (χ1) is 8.03. The van der Waals surface area contributed by atoms with Gasteiger partial charge in [-0.25, -0.2) is 8.42 Å². The molecule has 102 valence electrons. The molecular formula is C11H23NO2S3. The van der Waals surface area contributed by atoms with Crippen molar-refractivity contribution in [3.05, 3.63) is 0 Å². The molecule has 0 radical (unpaired) electrons. The minimum Gasteiger partial charge on any atom is -0.313 e. The van der Waals surface area contributed by atoms with Crippen molar-refractivity contribution < 1.29 is 8.42 Å². The summed E-state index contributed by atoms with van der Waals surface area (Å²) in [4.78, 5) is 0. The van der Waals surface area contributed by atoms with E-state index in [1.807, 2.05) is 23.5 Å². The summed E-state index contributed by atoms with van der Waals surface area (Å²) in [6.45, 7) is 3.08. The minimum atomic E-state index is -2.81. The van der Waals surface area contributed by atoms with Crippen LogP contribution >= 0.6 is 23.5 Å². The number of sulfone groups is 1. The molecule has 0 aliphatic carbocycles. The van der Waals surface area contributed by atoms with Crippen LogP contribution in [0.1, 0.15) is 19.8 Å². The lowest BCUT2D eigenvalue weighted by Gasteiger charge is -2.30. The van der Waals surface area contributed by atoms with E-state index in [0.29, 0.717) is 17.0 Å². The fourth-order valence-corrected chi connectivity index (χ4v) is 5.60. The maximum Gasteiger partial charge on any atom is 0.147 e. The fraction of sp³-hybridized carbons (Fsp3) is 1.00. The third kappa shape index (κ3) is 6.94. The Balaban J connectivity index is 2.36. The first kappa shape index (κ1) is 15.7. The number of hydrogen-bond acceptors (Lipinski definition) is 5. The molecule has 0 spiro atoms. The molecule has 1 saturated heterocycles. The van der Waals surface area contributed by atoms with E-state index in [1.54, 1.807) is 0 Å². The highest BCUT2D eigenvalue weighted by Crippen LogP contribution is 2.28. The third-order valence-corrected chi connectivity index (χ3v) is 6.74. The highest BCUT2D eigenvalue weighted by Gasteiger charge is 2.23. The zero-order valence-electron chi connectivity index (χ0n) is 10.6. The molecular weight excluding hydrogens is 274 g/mol. The monoisotopic (exact) mass is 297 g/mol. The Hall–Kier alpha value is 0.610. The van der Waals surface area contributed by atoms with Gasteiger partial charge in [0, 0.05) is 40.6 Å². The molecule has 1 rings (SSSR count). The standard InChI is InChI=1S/C11H23NO2S3/c1-3-12-10(5-4-8-17(2,13)14)11-9-15-6-7-16-11/h10-12H,3-9H2,1-2H3. The average Bonchev–Trinajstić information content (AvgIpc) is 2.27. The van der Waals surface area contributed by atoms with E-state index in [2.05, 4.69) is 12.2 Å². The van der Waals surface area contributed by atoms with E-state index in [-0.39, 0.29) is 0 Å². The summed E-state index contributed by atoms with van der Waals surface area (Å²) in [5, 5.41) is 4.16. The van der Waals surface area contributed by atoms with Gasteiger partial charge in [0.25, 0.3) is 0 Å². The summed E-state index contributed by atoms with van der Waals surface area (Å²) in [6, 6.07) is 0.472. The molecule has 17 heavy (non-hydrogen) atoms. The second-order valence-corrected chi connectivity index (χ2v) is 9.18. The molecule has 2 unspecified atom stereocenters. The van der Waals surface area contributed by atoms with Gasteiger partial charge in [-0.3, -0.25) is 0 Å². The lowest BCUT2D eigenvalue weighted by atomic mass is 10.1. The summed E-state index contributed by atoms with van der Waals surface area (Å²) in [5.74, 6) is 3.99. The smallest absolute Gasteiger partial charge is 0.147 e. The van der Waals surface area contributed by atoms with Crippen molar-refractivity contribution in [2.24, 2.45) is 0 Å². The first-order valence-electron chi connectivity index (χ1n) is 6.13. The van der Waals surface area contributed by atoms with E-state index >= 15 is 0 Å². The van der Waals surface area contributed by atoms with E-state index in [0.717, 1.165) is 19.4 Å². The summed E-state index contributed by atoms with van der Waals surface area (Å²) in [5.41, 5.74) is 0. The van der Waals surface area contributed by atoms with Crippen LogP contribution < -0.4 is 5.32 Å². The molecule has 0 amide bonds. The third-order valence-electron chi connectivity index (χ3n) is 2.79. The average molecular weight is 298 g/mol. The molecule has 1 N–H and O–H groups in total. The van der Waals surface area contributed by atoms with Crippen LogP contribution in [0.3, 0.4) is 0 Å². The zero-order chi connectivity index (χ0) is 12.7. The lowest BCUT2D eigenvalue weighted by molar-refractivity contribution is 0.486. The molecule has 0 saturated carbocycles. The fourth-order valence-electron chi connectivity index (χ4n) is 1.99. The molecule has 1 heterocycles. The number of hydrogen-bond donors (Lipinski definition) is 1. The maximum atomic E-state index is 11.1. The Morgan fingerprint density at radius 3 is 2.71 bits per heavy atom. The van der Waals surface area contributed by atoms with E-state index < -0.39 is 9.84 Å². The van der Waals surface area contributed by atoms with Crippen molar-refractivity contribution in [3.8, 4) is 0 Å². The van der Waals surface area contributed by atoms with Crippen molar-refractivity contribution in [2.75, 3.05) is 35.8 Å². The van der Waals surface area contributed by atoms with Crippen LogP contribution in [0.4, 0.5) is 0 Å². The molecule has 2 atom stereocenters. The SMILES string of the molecule is CCNC(CCCS(C)(=O)=O)C1CSCCS1. The Morgan fingerprint density at radius 1 is 1.41 bits per heavy atom. The van der Waals surface area contributed by atoms with Crippen molar-refractivity contribution in [1.29, 1.82) is 0 Å². The largest absolute Gasteiger partial charge is 0.313 e. The van der Waals surface area contributed by atoms with Gasteiger partial charge >= 0.3 is 0 Å². The molecule has 1 fully saturated rings. The van der Waals surface area contributed by atoms with Gasteiger partial charge in [-0.05, 0) is 19.4 Å². The number of nitrogens with one attached hydrogen (secondary N) is 1. The molecule has 3 nitrogen and oxygen atoms in total. The van der Waals surface area contributed by atoms with Crippen molar-refractivity contribution >= 4 is 33.4 Å². The minimum absolute atomic E-state index is 0.319. The molecule has 0 aromatic carbocycles. The Kier molecular flexibility index (Phi) is 7.30. The maximum absolute atomic E-state index is 11.1. The molecule has 0 aromatic rings. The quantitative estimate of drug-likeness (QED) is 0.774. The predicted molar refractivity (Wildman–Crippen MR) is 80.0 cm³/mol. The summed E-state index contributed by atoms with van der Waals surface area (Å²) >= 11 is 4.05. The van der Waals surface area contributed by atoms with Gasteiger partial charge in [0.1, 0.15) is 9.84 Å². The lowest BCUT2D eigenvalue weighted by Crippen LogP contribution is -2.41. The van der Waals surface area contributed by atoms with Crippen LogP contribution in [0.2, 0.25) is 0 Å². The summed E-state index contributed by atoms with van der Waals surface area (Å²) in [6.07, 6.45) is 3.07. The van der Waals surface area contributed by atoms with E-state index in [9.17, 15) is 8.42 Å². The van der Waals surface area contributed by atoms with Crippen LogP contribution in [-0.4, -0.2) is 55.5 Å². The Labute approximate surface area is 114 Å². The molecule has 1 aliphatic heterocycles. The first-order valence-corrected chi connectivity index (χ1v) is 10.4. The number of thioether (sulfide) groups is 2.